The molecule has 1 atom stereocenters. The third kappa shape index (κ3) is 4.21. The maximum atomic E-state index is 11.4. The van der Waals surface area contributed by atoms with Gasteiger partial charge in [0, 0.05) is 18.5 Å². The van der Waals surface area contributed by atoms with Gasteiger partial charge in [-0.15, -0.1) is 0 Å². The summed E-state index contributed by atoms with van der Waals surface area (Å²) in [5, 5.41) is 3.43. The van der Waals surface area contributed by atoms with E-state index in [2.05, 4.69) is 42.0 Å². The molecule has 1 heterocycles. The SMILES string of the molecule is CC(C)(C)NCc1ccc(OC2CCOC2=O)c(Br)c1. The summed E-state index contributed by atoms with van der Waals surface area (Å²) in [6.07, 6.45) is 0.128. The van der Waals surface area contributed by atoms with Crippen molar-refractivity contribution in [2.24, 2.45) is 0 Å². The molecule has 1 fully saturated rings. The minimum Gasteiger partial charge on any atom is -0.477 e. The first-order valence-corrected chi connectivity index (χ1v) is 7.51. The van der Waals surface area contributed by atoms with E-state index in [1.807, 2.05) is 18.2 Å². The Morgan fingerprint density at radius 1 is 1.45 bits per heavy atom. The number of hydrogen-bond donors (Lipinski definition) is 1. The number of halogens is 1. The highest BCUT2D eigenvalue weighted by Crippen LogP contribution is 2.28. The number of esters is 1. The average Bonchev–Trinajstić information content (AvgIpc) is 2.75. The summed E-state index contributed by atoms with van der Waals surface area (Å²) in [4.78, 5) is 11.4. The van der Waals surface area contributed by atoms with E-state index in [4.69, 9.17) is 9.47 Å². The number of carbonyl (C=O) groups is 1. The maximum Gasteiger partial charge on any atom is 0.347 e. The molecule has 110 valence electrons. The van der Waals surface area contributed by atoms with Crippen molar-refractivity contribution < 1.29 is 14.3 Å². The van der Waals surface area contributed by atoms with Crippen molar-refractivity contribution in [2.45, 2.75) is 45.4 Å². The van der Waals surface area contributed by atoms with Crippen molar-refractivity contribution in [3.8, 4) is 5.75 Å². The number of nitrogens with one attached hydrogen (secondary N) is 1. The van der Waals surface area contributed by atoms with Gasteiger partial charge in [-0.3, -0.25) is 0 Å². The lowest BCUT2D eigenvalue weighted by Gasteiger charge is -2.21. The van der Waals surface area contributed by atoms with Gasteiger partial charge in [0.15, 0.2) is 6.10 Å². The van der Waals surface area contributed by atoms with E-state index < -0.39 is 6.10 Å². The van der Waals surface area contributed by atoms with Crippen LogP contribution in [-0.4, -0.2) is 24.2 Å². The summed E-state index contributed by atoms with van der Waals surface area (Å²) >= 11 is 3.49. The Kier molecular flexibility index (Phi) is 4.70. The van der Waals surface area contributed by atoms with E-state index in [1.54, 1.807) is 0 Å². The van der Waals surface area contributed by atoms with Crippen LogP contribution < -0.4 is 10.1 Å². The number of carbonyl (C=O) groups excluding carboxylic acids is 1. The van der Waals surface area contributed by atoms with Crippen LogP contribution in [0.4, 0.5) is 0 Å². The quantitative estimate of drug-likeness (QED) is 0.855. The minimum atomic E-state index is -0.482. The van der Waals surface area contributed by atoms with Gasteiger partial charge in [-0.2, -0.15) is 0 Å². The topological polar surface area (TPSA) is 47.6 Å². The van der Waals surface area contributed by atoms with Crippen molar-refractivity contribution >= 4 is 21.9 Å². The Labute approximate surface area is 128 Å². The molecule has 1 aliphatic heterocycles. The first-order chi connectivity index (χ1) is 9.35. The molecule has 4 nitrogen and oxygen atoms in total. The predicted octanol–water partition coefficient (Wildman–Crippen LogP) is 3.03. The van der Waals surface area contributed by atoms with Crippen LogP contribution in [0.1, 0.15) is 32.8 Å². The van der Waals surface area contributed by atoms with Gasteiger partial charge >= 0.3 is 5.97 Å². The molecular formula is C15H20BrNO3. The van der Waals surface area contributed by atoms with Crippen LogP contribution in [0.3, 0.4) is 0 Å². The standard InChI is InChI=1S/C15H20BrNO3/c1-15(2,3)17-9-10-4-5-12(11(16)8-10)20-13-6-7-19-14(13)18/h4-5,8,13,17H,6-7,9H2,1-3H3. The molecule has 1 saturated heterocycles. The molecule has 0 amide bonds. The molecule has 1 aliphatic rings. The molecule has 0 aliphatic carbocycles. The molecule has 2 rings (SSSR count). The van der Waals surface area contributed by atoms with E-state index >= 15 is 0 Å². The average molecular weight is 342 g/mol. The summed E-state index contributed by atoms with van der Waals surface area (Å²) in [6, 6.07) is 5.89. The van der Waals surface area contributed by atoms with Crippen molar-refractivity contribution in [1.82, 2.24) is 5.32 Å². The van der Waals surface area contributed by atoms with Crippen LogP contribution in [0.2, 0.25) is 0 Å². The van der Waals surface area contributed by atoms with Crippen molar-refractivity contribution in [3.05, 3.63) is 28.2 Å². The predicted molar refractivity (Wildman–Crippen MR) is 80.7 cm³/mol. The lowest BCUT2D eigenvalue weighted by Crippen LogP contribution is -2.35. The highest BCUT2D eigenvalue weighted by Gasteiger charge is 2.28. The number of hydrogen-bond acceptors (Lipinski definition) is 4. The van der Waals surface area contributed by atoms with Gasteiger partial charge in [0.2, 0.25) is 0 Å². The summed E-state index contributed by atoms with van der Waals surface area (Å²) in [5.74, 6) is 0.392. The summed E-state index contributed by atoms with van der Waals surface area (Å²) in [5.41, 5.74) is 1.24. The molecule has 20 heavy (non-hydrogen) atoms. The molecule has 1 aromatic rings. The van der Waals surface area contributed by atoms with Crippen LogP contribution in [-0.2, 0) is 16.1 Å². The zero-order valence-electron chi connectivity index (χ0n) is 12.0. The molecule has 1 unspecified atom stereocenters. The molecular weight excluding hydrogens is 322 g/mol. The summed E-state index contributed by atoms with van der Waals surface area (Å²) < 4.78 is 11.4. The van der Waals surface area contributed by atoms with E-state index in [9.17, 15) is 4.79 Å². The van der Waals surface area contributed by atoms with E-state index in [-0.39, 0.29) is 11.5 Å². The van der Waals surface area contributed by atoms with Crippen LogP contribution in [0.25, 0.3) is 0 Å². The normalized spacial score (nSPS) is 19.0. The summed E-state index contributed by atoms with van der Waals surface area (Å²) in [7, 11) is 0. The number of benzene rings is 1. The fraction of sp³-hybridized carbons (Fsp3) is 0.533. The zero-order valence-corrected chi connectivity index (χ0v) is 13.6. The van der Waals surface area contributed by atoms with Crippen molar-refractivity contribution in [3.63, 3.8) is 0 Å². The second kappa shape index (κ2) is 6.14. The van der Waals surface area contributed by atoms with Gasteiger partial charge in [0.1, 0.15) is 5.75 Å². The van der Waals surface area contributed by atoms with E-state index in [0.29, 0.717) is 18.8 Å². The van der Waals surface area contributed by atoms with Gasteiger partial charge in [-0.05, 0) is 54.4 Å². The zero-order chi connectivity index (χ0) is 14.8. The lowest BCUT2D eigenvalue weighted by molar-refractivity contribution is -0.143. The number of ether oxygens (including phenoxy) is 2. The maximum absolute atomic E-state index is 11.4. The second-order valence-corrected chi connectivity index (χ2v) is 6.79. The number of rotatable bonds is 4. The number of cyclic esters (lactones) is 1. The summed E-state index contributed by atoms with van der Waals surface area (Å²) in [6.45, 7) is 7.62. The first-order valence-electron chi connectivity index (χ1n) is 6.72. The molecule has 0 bridgehead atoms. The van der Waals surface area contributed by atoms with Crippen molar-refractivity contribution in [1.29, 1.82) is 0 Å². The second-order valence-electron chi connectivity index (χ2n) is 5.93. The molecule has 5 heteroatoms. The molecule has 1 aromatic carbocycles. The first kappa shape index (κ1) is 15.3. The van der Waals surface area contributed by atoms with E-state index in [0.717, 1.165) is 16.6 Å². The van der Waals surface area contributed by atoms with Crippen LogP contribution in [0, 0.1) is 0 Å². The Morgan fingerprint density at radius 3 is 2.75 bits per heavy atom. The fourth-order valence-corrected chi connectivity index (χ4v) is 2.37. The molecule has 0 radical (unpaired) electrons. The Hall–Kier alpha value is -1.07. The van der Waals surface area contributed by atoms with Crippen LogP contribution in [0.5, 0.6) is 5.75 Å². The van der Waals surface area contributed by atoms with Crippen molar-refractivity contribution in [2.75, 3.05) is 6.61 Å². The Balaban J connectivity index is 2.00. The highest BCUT2D eigenvalue weighted by atomic mass is 79.9. The largest absolute Gasteiger partial charge is 0.477 e. The molecule has 0 saturated carbocycles. The van der Waals surface area contributed by atoms with Crippen LogP contribution in [0.15, 0.2) is 22.7 Å². The molecule has 1 N–H and O–H groups in total. The van der Waals surface area contributed by atoms with E-state index in [1.165, 1.54) is 0 Å². The van der Waals surface area contributed by atoms with Gasteiger partial charge < -0.3 is 14.8 Å². The third-order valence-corrected chi connectivity index (χ3v) is 3.60. The van der Waals surface area contributed by atoms with Crippen LogP contribution >= 0.6 is 15.9 Å². The van der Waals surface area contributed by atoms with Gasteiger partial charge in [0.25, 0.3) is 0 Å². The third-order valence-electron chi connectivity index (χ3n) is 2.98. The molecule has 0 spiro atoms. The molecule has 0 aromatic heterocycles. The highest BCUT2D eigenvalue weighted by molar-refractivity contribution is 9.10. The Bertz CT molecular complexity index is 496. The van der Waals surface area contributed by atoms with Gasteiger partial charge in [0.05, 0.1) is 11.1 Å². The Morgan fingerprint density at radius 2 is 2.20 bits per heavy atom. The monoisotopic (exact) mass is 341 g/mol. The van der Waals surface area contributed by atoms with Gasteiger partial charge in [-0.25, -0.2) is 4.79 Å². The van der Waals surface area contributed by atoms with Gasteiger partial charge in [-0.1, -0.05) is 6.07 Å². The fourth-order valence-electron chi connectivity index (χ4n) is 1.85. The smallest absolute Gasteiger partial charge is 0.347 e. The lowest BCUT2D eigenvalue weighted by atomic mass is 10.1. The minimum absolute atomic E-state index is 0.0786.